The summed E-state index contributed by atoms with van der Waals surface area (Å²) in [4.78, 5) is 41.4. The molecule has 172 valence electrons. The second-order valence-electron chi connectivity index (χ2n) is 8.06. The number of amides is 3. The van der Waals surface area contributed by atoms with Crippen molar-refractivity contribution in [2.45, 2.75) is 59.0 Å². The van der Waals surface area contributed by atoms with Crippen LogP contribution in [0.25, 0.3) is 0 Å². The molecule has 1 aliphatic rings. The van der Waals surface area contributed by atoms with Crippen LogP contribution in [-0.2, 0) is 9.53 Å². The van der Waals surface area contributed by atoms with Gasteiger partial charge in [-0.15, -0.1) is 0 Å². The van der Waals surface area contributed by atoms with Gasteiger partial charge in [-0.2, -0.15) is 0 Å². The fourth-order valence-corrected chi connectivity index (χ4v) is 3.85. The maximum atomic E-state index is 13.3. The molecule has 0 radical (unpaired) electrons. The Bertz CT molecular complexity index is 753. The molecule has 0 aliphatic carbocycles. The van der Waals surface area contributed by atoms with Crippen LogP contribution >= 0.6 is 0 Å². The summed E-state index contributed by atoms with van der Waals surface area (Å²) in [6.07, 6.45) is 2.31. The summed E-state index contributed by atoms with van der Waals surface area (Å²) in [6.45, 7) is 10.8. The molecule has 1 fully saturated rings. The highest BCUT2D eigenvalue weighted by Crippen LogP contribution is 2.20. The van der Waals surface area contributed by atoms with Crippen molar-refractivity contribution in [1.29, 1.82) is 0 Å². The van der Waals surface area contributed by atoms with E-state index in [-0.39, 0.29) is 36.4 Å². The van der Waals surface area contributed by atoms with Crippen LogP contribution in [0.1, 0.15) is 57.3 Å². The van der Waals surface area contributed by atoms with E-state index < -0.39 is 0 Å². The Hall–Kier alpha value is -2.61. The predicted octanol–water partition coefficient (Wildman–Crippen LogP) is 3.10. The molecule has 2 N–H and O–H groups in total. The fraction of sp³-hybridized carbons (Fsp3) is 0.609. The Morgan fingerprint density at radius 3 is 2.71 bits per heavy atom. The van der Waals surface area contributed by atoms with Crippen LogP contribution < -0.4 is 10.6 Å². The van der Waals surface area contributed by atoms with Crippen LogP contribution in [0.2, 0.25) is 0 Å². The molecule has 31 heavy (non-hydrogen) atoms. The first-order chi connectivity index (χ1) is 14.8. The molecule has 1 atom stereocenters. The second kappa shape index (κ2) is 12.3. The maximum Gasteiger partial charge on any atom is 0.319 e. The van der Waals surface area contributed by atoms with E-state index in [1.54, 1.807) is 36.1 Å². The number of benzene rings is 1. The van der Waals surface area contributed by atoms with Crippen LogP contribution in [-0.4, -0.2) is 72.6 Å². The topological polar surface area (TPSA) is 91.0 Å². The maximum absolute atomic E-state index is 13.3. The average Bonchev–Trinajstić information content (AvgIpc) is 3.17. The van der Waals surface area contributed by atoms with E-state index in [4.69, 9.17) is 4.74 Å². The largest absolute Gasteiger partial charge is 0.466 e. The van der Waals surface area contributed by atoms with Crippen molar-refractivity contribution in [2.75, 3.05) is 38.1 Å². The average molecular weight is 433 g/mol. The van der Waals surface area contributed by atoms with Crippen LogP contribution in [0.4, 0.5) is 10.5 Å². The Morgan fingerprint density at radius 2 is 2.03 bits per heavy atom. The van der Waals surface area contributed by atoms with Gasteiger partial charge in [0.25, 0.3) is 5.91 Å². The molecule has 1 aromatic carbocycles. The van der Waals surface area contributed by atoms with Crippen molar-refractivity contribution in [2.24, 2.45) is 0 Å². The highest BCUT2D eigenvalue weighted by atomic mass is 16.5. The van der Waals surface area contributed by atoms with Crippen LogP contribution in [0.5, 0.6) is 0 Å². The van der Waals surface area contributed by atoms with E-state index in [0.717, 1.165) is 25.9 Å². The van der Waals surface area contributed by atoms with E-state index in [2.05, 4.69) is 22.5 Å². The van der Waals surface area contributed by atoms with Crippen molar-refractivity contribution in [1.82, 2.24) is 15.1 Å². The molecule has 1 saturated heterocycles. The molecule has 0 saturated carbocycles. The lowest BCUT2D eigenvalue weighted by molar-refractivity contribution is -0.143. The van der Waals surface area contributed by atoms with E-state index in [0.29, 0.717) is 30.9 Å². The molecule has 2 rings (SSSR count). The van der Waals surface area contributed by atoms with Gasteiger partial charge in [0.15, 0.2) is 0 Å². The second-order valence-corrected chi connectivity index (χ2v) is 8.06. The van der Waals surface area contributed by atoms with Crippen LogP contribution in [0.3, 0.4) is 0 Å². The summed E-state index contributed by atoms with van der Waals surface area (Å²) in [7, 11) is 0. The van der Waals surface area contributed by atoms with Crippen molar-refractivity contribution in [3.05, 3.63) is 29.8 Å². The number of ether oxygens (including phenoxy) is 1. The van der Waals surface area contributed by atoms with Crippen molar-refractivity contribution >= 4 is 23.6 Å². The summed E-state index contributed by atoms with van der Waals surface area (Å²) in [5.74, 6) is -0.458. The summed E-state index contributed by atoms with van der Waals surface area (Å²) >= 11 is 0. The van der Waals surface area contributed by atoms with E-state index in [1.807, 2.05) is 13.8 Å². The van der Waals surface area contributed by atoms with Gasteiger partial charge in [0, 0.05) is 36.4 Å². The van der Waals surface area contributed by atoms with Gasteiger partial charge in [0.1, 0.15) is 0 Å². The number of carbonyl (C=O) groups excluding carboxylic acids is 3. The Morgan fingerprint density at radius 1 is 1.26 bits per heavy atom. The monoisotopic (exact) mass is 432 g/mol. The number of likely N-dealkylation sites (tertiary alicyclic amines) is 1. The van der Waals surface area contributed by atoms with Gasteiger partial charge in [0.05, 0.1) is 13.0 Å². The Kier molecular flexibility index (Phi) is 9.78. The zero-order valence-electron chi connectivity index (χ0n) is 19.1. The number of nitrogens with zero attached hydrogens (tertiary/aromatic N) is 2. The molecule has 1 unspecified atom stereocenters. The molecule has 0 aromatic heterocycles. The summed E-state index contributed by atoms with van der Waals surface area (Å²) in [5.41, 5.74) is 1.03. The first-order valence-corrected chi connectivity index (χ1v) is 11.2. The minimum Gasteiger partial charge on any atom is -0.466 e. The predicted molar refractivity (Wildman–Crippen MR) is 121 cm³/mol. The SMILES string of the molecule is CCOC(=O)CCN(CC1CCCN1CC)C(=O)c1cccc(NC(=O)NC(C)C)c1. The minimum absolute atomic E-state index is 0.0103. The highest BCUT2D eigenvalue weighted by Gasteiger charge is 2.28. The molecule has 0 spiro atoms. The molecule has 8 nitrogen and oxygen atoms in total. The molecule has 0 bridgehead atoms. The van der Waals surface area contributed by atoms with Gasteiger partial charge in [-0.05, 0) is 64.9 Å². The number of hydrogen-bond donors (Lipinski definition) is 2. The number of likely N-dealkylation sites (N-methyl/N-ethyl adjacent to an activating group) is 1. The zero-order valence-corrected chi connectivity index (χ0v) is 19.1. The standard InChI is InChI=1S/C23H36N4O4/c1-5-26-13-8-11-20(26)16-27(14-12-21(28)31-6-2)22(29)18-9-7-10-19(15-18)25-23(30)24-17(3)4/h7,9-10,15,17,20H,5-6,8,11-14,16H2,1-4H3,(H2,24,25,30). The van der Waals surface area contributed by atoms with E-state index >= 15 is 0 Å². The molecule has 1 aromatic rings. The van der Waals surface area contributed by atoms with Gasteiger partial charge in [-0.1, -0.05) is 13.0 Å². The number of nitrogens with one attached hydrogen (secondary N) is 2. The summed E-state index contributed by atoms with van der Waals surface area (Å²) in [5, 5.41) is 5.53. The van der Waals surface area contributed by atoms with E-state index in [1.165, 1.54) is 0 Å². The van der Waals surface area contributed by atoms with Gasteiger partial charge >= 0.3 is 12.0 Å². The lowest BCUT2D eigenvalue weighted by atomic mass is 10.1. The normalized spacial score (nSPS) is 16.2. The molecular weight excluding hydrogens is 396 g/mol. The number of rotatable bonds is 10. The zero-order chi connectivity index (χ0) is 22.8. The van der Waals surface area contributed by atoms with Crippen molar-refractivity contribution in [3.8, 4) is 0 Å². The Balaban J connectivity index is 2.14. The number of hydrogen-bond acceptors (Lipinski definition) is 5. The number of anilines is 1. The summed E-state index contributed by atoms with van der Waals surface area (Å²) in [6, 6.07) is 6.88. The first-order valence-electron chi connectivity index (χ1n) is 11.2. The number of carbonyl (C=O) groups is 3. The third-order valence-corrected chi connectivity index (χ3v) is 5.30. The lowest BCUT2D eigenvalue weighted by Crippen LogP contribution is -2.44. The van der Waals surface area contributed by atoms with Crippen LogP contribution in [0, 0.1) is 0 Å². The number of esters is 1. The fourth-order valence-electron chi connectivity index (χ4n) is 3.85. The van der Waals surface area contributed by atoms with Crippen LogP contribution in [0.15, 0.2) is 24.3 Å². The van der Waals surface area contributed by atoms with Gasteiger partial charge in [0.2, 0.25) is 0 Å². The highest BCUT2D eigenvalue weighted by molar-refractivity contribution is 5.97. The van der Waals surface area contributed by atoms with Gasteiger partial charge < -0.3 is 20.3 Å². The van der Waals surface area contributed by atoms with Gasteiger partial charge in [-0.25, -0.2) is 4.79 Å². The lowest BCUT2D eigenvalue weighted by Gasteiger charge is -2.30. The smallest absolute Gasteiger partial charge is 0.319 e. The number of urea groups is 1. The molecule has 8 heteroatoms. The van der Waals surface area contributed by atoms with Crippen molar-refractivity contribution < 1.29 is 19.1 Å². The molecule has 1 heterocycles. The van der Waals surface area contributed by atoms with Gasteiger partial charge in [-0.3, -0.25) is 14.5 Å². The first kappa shape index (κ1) is 24.7. The van der Waals surface area contributed by atoms with Crippen molar-refractivity contribution in [3.63, 3.8) is 0 Å². The summed E-state index contributed by atoms with van der Waals surface area (Å²) < 4.78 is 5.04. The van der Waals surface area contributed by atoms with E-state index in [9.17, 15) is 14.4 Å². The molecule has 1 aliphatic heterocycles. The molecular formula is C23H36N4O4. The Labute approximate surface area is 185 Å². The third kappa shape index (κ3) is 7.86. The third-order valence-electron chi connectivity index (χ3n) is 5.30. The minimum atomic E-state index is -0.316. The molecule has 3 amide bonds. The quantitative estimate of drug-likeness (QED) is 0.555.